The van der Waals surface area contributed by atoms with Gasteiger partial charge in [0.25, 0.3) is 0 Å². The van der Waals surface area contributed by atoms with Crippen LogP contribution in [0.4, 0.5) is 0 Å². The lowest BCUT2D eigenvalue weighted by Gasteiger charge is -2.14. The largest absolute Gasteiger partial charge is 0.347 e. The summed E-state index contributed by atoms with van der Waals surface area (Å²) in [5.74, 6) is 1.72. The van der Waals surface area contributed by atoms with Crippen LogP contribution in [0.25, 0.3) is 5.78 Å². The van der Waals surface area contributed by atoms with Crippen LogP contribution in [0.3, 0.4) is 0 Å². The number of halogens is 1. The fourth-order valence-corrected chi connectivity index (χ4v) is 3.63. The van der Waals surface area contributed by atoms with Gasteiger partial charge in [0.2, 0.25) is 11.7 Å². The van der Waals surface area contributed by atoms with Gasteiger partial charge in [-0.05, 0) is 24.1 Å². The number of aromatic nitrogens is 3. The third-order valence-corrected chi connectivity index (χ3v) is 5.15. The number of carbonyl (C=O) groups is 1. The van der Waals surface area contributed by atoms with Gasteiger partial charge in [0.1, 0.15) is 0 Å². The van der Waals surface area contributed by atoms with Crippen LogP contribution in [0.5, 0.6) is 0 Å². The smallest absolute Gasteiger partial charge is 0.233 e. The Bertz CT molecular complexity index is 834. The van der Waals surface area contributed by atoms with Crippen LogP contribution in [0.2, 0.25) is 5.02 Å². The number of thioether (sulfide) groups is 1. The zero-order chi connectivity index (χ0) is 17.6. The number of rotatable bonds is 7. The first-order chi connectivity index (χ1) is 12.2. The highest BCUT2D eigenvalue weighted by atomic mass is 35.5. The monoisotopic (exact) mass is 374 g/mol. The summed E-state index contributed by atoms with van der Waals surface area (Å²) < 4.78 is 1.86. The molecule has 0 spiro atoms. The number of fused-ring (bicyclic) bond motifs is 1. The van der Waals surface area contributed by atoms with E-state index in [9.17, 15) is 4.79 Å². The maximum Gasteiger partial charge on any atom is 0.233 e. The predicted molar refractivity (Wildman–Crippen MR) is 102 cm³/mol. The molecule has 0 unspecified atom stereocenters. The quantitative estimate of drug-likeness (QED) is 0.681. The first-order valence-corrected chi connectivity index (χ1v) is 9.60. The molecular formula is C18H19ClN4OS. The SMILES string of the molecule is CC[C@@H](NC(=O)CSCc1ccccc1Cl)c1cn2cccnc2n1. The highest BCUT2D eigenvalue weighted by molar-refractivity contribution is 7.99. The maximum absolute atomic E-state index is 12.3. The van der Waals surface area contributed by atoms with Gasteiger partial charge in [-0.1, -0.05) is 36.7 Å². The summed E-state index contributed by atoms with van der Waals surface area (Å²) in [6.07, 6.45) is 6.28. The molecule has 0 radical (unpaired) electrons. The Morgan fingerprint density at radius 1 is 1.36 bits per heavy atom. The molecule has 2 heterocycles. The molecule has 0 fully saturated rings. The van der Waals surface area contributed by atoms with Crippen LogP contribution >= 0.6 is 23.4 Å². The minimum absolute atomic E-state index is 0.00563. The Morgan fingerprint density at radius 2 is 2.20 bits per heavy atom. The molecule has 0 aliphatic carbocycles. The van der Waals surface area contributed by atoms with E-state index < -0.39 is 0 Å². The normalized spacial score (nSPS) is 12.2. The van der Waals surface area contributed by atoms with E-state index in [0.29, 0.717) is 17.3 Å². The molecule has 0 aliphatic heterocycles. The molecule has 7 heteroatoms. The topological polar surface area (TPSA) is 59.3 Å². The molecule has 1 aromatic carbocycles. The lowest BCUT2D eigenvalue weighted by Crippen LogP contribution is -2.29. The van der Waals surface area contributed by atoms with E-state index in [1.54, 1.807) is 18.0 Å². The molecule has 130 valence electrons. The average molecular weight is 375 g/mol. The van der Waals surface area contributed by atoms with E-state index in [1.807, 2.05) is 54.0 Å². The summed E-state index contributed by atoms with van der Waals surface area (Å²) >= 11 is 7.68. The fraction of sp³-hybridized carbons (Fsp3) is 0.278. The highest BCUT2D eigenvalue weighted by Crippen LogP contribution is 2.21. The predicted octanol–water partition coefficient (Wildman–Crippen LogP) is 3.88. The Hall–Kier alpha value is -2.05. The van der Waals surface area contributed by atoms with E-state index in [1.165, 1.54) is 0 Å². The Kier molecular flexibility index (Phi) is 5.94. The Morgan fingerprint density at radius 3 is 2.96 bits per heavy atom. The number of benzene rings is 1. The molecule has 0 aliphatic rings. The fourth-order valence-electron chi connectivity index (χ4n) is 2.51. The summed E-state index contributed by atoms with van der Waals surface area (Å²) in [7, 11) is 0. The van der Waals surface area contributed by atoms with Crippen LogP contribution in [-0.4, -0.2) is 26.0 Å². The van der Waals surface area contributed by atoms with Crippen molar-refractivity contribution in [3.8, 4) is 0 Å². The van der Waals surface area contributed by atoms with Gasteiger partial charge in [-0.15, -0.1) is 11.8 Å². The molecule has 1 atom stereocenters. The van der Waals surface area contributed by atoms with Gasteiger partial charge < -0.3 is 5.32 Å². The molecule has 2 aromatic heterocycles. The van der Waals surface area contributed by atoms with Crippen LogP contribution in [-0.2, 0) is 10.5 Å². The summed E-state index contributed by atoms with van der Waals surface area (Å²) in [5.41, 5.74) is 1.87. The molecule has 0 bridgehead atoms. The van der Waals surface area contributed by atoms with Gasteiger partial charge >= 0.3 is 0 Å². The summed E-state index contributed by atoms with van der Waals surface area (Å²) in [5, 5.41) is 3.78. The molecule has 0 saturated heterocycles. The van der Waals surface area contributed by atoms with Crippen molar-refractivity contribution < 1.29 is 4.79 Å². The van der Waals surface area contributed by atoms with Crippen LogP contribution in [0.15, 0.2) is 48.9 Å². The number of nitrogens with zero attached hydrogens (tertiary/aromatic N) is 3. The molecule has 3 aromatic rings. The number of nitrogens with one attached hydrogen (secondary N) is 1. The van der Waals surface area contributed by atoms with Gasteiger partial charge in [0.15, 0.2) is 0 Å². The van der Waals surface area contributed by atoms with Gasteiger partial charge in [0.05, 0.1) is 17.5 Å². The summed E-state index contributed by atoms with van der Waals surface area (Å²) in [6, 6.07) is 9.43. The van der Waals surface area contributed by atoms with Crippen molar-refractivity contribution in [1.29, 1.82) is 0 Å². The third kappa shape index (κ3) is 4.52. The number of carbonyl (C=O) groups excluding carboxylic acids is 1. The van der Waals surface area contributed by atoms with Crippen molar-refractivity contribution in [2.75, 3.05) is 5.75 Å². The second-order valence-electron chi connectivity index (χ2n) is 5.61. The summed E-state index contributed by atoms with van der Waals surface area (Å²) in [4.78, 5) is 21.0. The summed E-state index contributed by atoms with van der Waals surface area (Å²) in [6.45, 7) is 2.03. The minimum Gasteiger partial charge on any atom is -0.347 e. The first kappa shape index (κ1) is 17.8. The van der Waals surface area contributed by atoms with Crippen LogP contribution in [0, 0.1) is 0 Å². The standard InChI is InChI=1S/C18H19ClN4OS/c1-2-15(16-10-23-9-5-8-20-18(23)22-16)21-17(24)12-25-11-13-6-3-4-7-14(13)19/h3-10,15H,2,11-12H2,1H3,(H,21,24)/t15-/m1/s1. The van der Waals surface area contributed by atoms with Crippen molar-refractivity contribution in [1.82, 2.24) is 19.7 Å². The van der Waals surface area contributed by atoms with Gasteiger partial charge in [-0.25, -0.2) is 9.97 Å². The van der Waals surface area contributed by atoms with Gasteiger partial charge in [-0.3, -0.25) is 9.20 Å². The number of imidazole rings is 1. The molecule has 1 amide bonds. The van der Waals surface area contributed by atoms with E-state index in [4.69, 9.17) is 11.6 Å². The van der Waals surface area contributed by atoms with E-state index in [-0.39, 0.29) is 11.9 Å². The highest BCUT2D eigenvalue weighted by Gasteiger charge is 2.16. The molecule has 5 nitrogen and oxygen atoms in total. The van der Waals surface area contributed by atoms with Crippen molar-refractivity contribution in [2.24, 2.45) is 0 Å². The average Bonchev–Trinajstić information content (AvgIpc) is 3.05. The Labute approximate surface area is 155 Å². The zero-order valence-corrected chi connectivity index (χ0v) is 15.4. The first-order valence-electron chi connectivity index (χ1n) is 8.07. The van der Waals surface area contributed by atoms with Gasteiger partial charge in [0, 0.05) is 29.4 Å². The van der Waals surface area contributed by atoms with Crippen LogP contribution < -0.4 is 5.32 Å². The maximum atomic E-state index is 12.3. The van der Waals surface area contributed by atoms with E-state index in [0.717, 1.165) is 22.7 Å². The number of amides is 1. The lowest BCUT2D eigenvalue weighted by molar-refractivity contribution is -0.119. The van der Waals surface area contributed by atoms with Crippen molar-refractivity contribution in [2.45, 2.75) is 25.1 Å². The lowest BCUT2D eigenvalue weighted by atomic mass is 10.2. The van der Waals surface area contributed by atoms with Crippen molar-refractivity contribution in [3.63, 3.8) is 0 Å². The molecule has 1 N–H and O–H groups in total. The molecular weight excluding hydrogens is 356 g/mol. The van der Waals surface area contributed by atoms with E-state index in [2.05, 4.69) is 15.3 Å². The van der Waals surface area contributed by atoms with E-state index >= 15 is 0 Å². The molecule has 0 saturated carbocycles. The van der Waals surface area contributed by atoms with Crippen molar-refractivity contribution >= 4 is 35.0 Å². The van der Waals surface area contributed by atoms with Crippen molar-refractivity contribution in [3.05, 3.63) is 65.2 Å². The van der Waals surface area contributed by atoms with Gasteiger partial charge in [-0.2, -0.15) is 0 Å². The molecule has 3 rings (SSSR count). The number of hydrogen-bond acceptors (Lipinski definition) is 4. The minimum atomic E-state index is -0.116. The third-order valence-electron chi connectivity index (χ3n) is 3.80. The number of hydrogen-bond donors (Lipinski definition) is 1. The zero-order valence-electron chi connectivity index (χ0n) is 13.9. The second kappa shape index (κ2) is 8.36. The second-order valence-corrected chi connectivity index (χ2v) is 7.00. The van der Waals surface area contributed by atoms with Crippen LogP contribution in [0.1, 0.15) is 30.6 Å². The Balaban J connectivity index is 1.56. The molecule has 25 heavy (non-hydrogen) atoms.